The highest BCUT2D eigenvalue weighted by Gasteiger charge is 2.15. The Labute approximate surface area is 97.9 Å². The molecule has 0 unspecified atom stereocenters. The zero-order valence-electron chi connectivity index (χ0n) is 10.6. The number of nitrogen functional groups attached to an aromatic ring is 1. The predicted octanol–water partition coefficient (Wildman–Crippen LogP) is 3.59. The summed E-state index contributed by atoms with van der Waals surface area (Å²) >= 11 is 0. The van der Waals surface area contributed by atoms with E-state index in [0.29, 0.717) is 12.1 Å². The minimum absolute atomic E-state index is 0.194. The van der Waals surface area contributed by atoms with Crippen LogP contribution in [0.3, 0.4) is 0 Å². The van der Waals surface area contributed by atoms with Gasteiger partial charge in [0.25, 0.3) is 0 Å². The Kier molecular flexibility index (Phi) is 3.74. The minimum atomic E-state index is 0.194. The minimum Gasteiger partial charge on any atom is -0.398 e. The lowest BCUT2D eigenvalue weighted by Crippen LogP contribution is -2.10. The van der Waals surface area contributed by atoms with E-state index >= 15 is 0 Å². The van der Waals surface area contributed by atoms with Crippen molar-refractivity contribution >= 4 is 11.5 Å². The second-order valence-corrected chi connectivity index (χ2v) is 5.50. The van der Waals surface area contributed by atoms with Gasteiger partial charge >= 0.3 is 0 Å². The molecular weight excluding hydrogens is 198 g/mol. The summed E-state index contributed by atoms with van der Waals surface area (Å²) in [7, 11) is 0. The first-order valence-electron chi connectivity index (χ1n) is 5.69. The molecule has 1 rings (SSSR count). The molecule has 1 aromatic rings. The summed E-state index contributed by atoms with van der Waals surface area (Å²) in [5.74, 6) is 0.194. The Morgan fingerprint density at radius 2 is 1.94 bits per heavy atom. The highest BCUT2D eigenvalue weighted by molar-refractivity contribution is 5.98. The van der Waals surface area contributed by atoms with Crippen LogP contribution in [0.1, 0.15) is 49.5 Å². The fraction of sp³-hybridized carbons (Fsp3) is 0.500. The monoisotopic (exact) mass is 219 g/mol. The van der Waals surface area contributed by atoms with Crippen molar-refractivity contribution in [1.29, 1.82) is 0 Å². The third-order valence-electron chi connectivity index (χ3n) is 2.78. The zero-order valence-corrected chi connectivity index (χ0v) is 10.6. The van der Waals surface area contributed by atoms with Crippen LogP contribution in [0.4, 0.5) is 5.69 Å². The molecule has 1 aromatic carbocycles. The van der Waals surface area contributed by atoms with Gasteiger partial charge in [-0.25, -0.2) is 0 Å². The van der Waals surface area contributed by atoms with Crippen LogP contribution in [-0.4, -0.2) is 5.78 Å². The van der Waals surface area contributed by atoms with Crippen molar-refractivity contribution in [2.45, 2.75) is 40.5 Å². The van der Waals surface area contributed by atoms with E-state index < -0.39 is 0 Å². The number of carbonyl (C=O) groups excluding carboxylic acids is 1. The zero-order chi connectivity index (χ0) is 12.3. The van der Waals surface area contributed by atoms with Crippen molar-refractivity contribution in [2.75, 3.05) is 5.73 Å². The third-order valence-corrected chi connectivity index (χ3v) is 2.78. The van der Waals surface area contributed by atoms with E-state index in [1.165, 1.54) is 0 Å². The number of benzene rings is 1. The predicted molar refractivity (Wildman–Crippen MR) is 68.6 cm³/mol. The first kappa shape index (κ1) is 12.8. The molecular formula is C14H21NO. The lowest BCUT2D eigenvalue weighted by Gasteiger charge is -2.17. The lowest BCUT2D eigenvalue weighted by molar-refractivity contribution is 0.0965. The van der Waals surface area contributed by atoms with Gasteiger partial charge in [-0.05, 0) is 30.4 Å². The van der Waals surface area contributed by atoms with Gasteiger partial charge in [-0.3, -0.25) is 4.79 Å². The van der Waals surface area contributed by atoms with E-state index in [1.807, 2.05) is 25.1 Å². The van der Waals surface area contributed by atoms with E-state index in [-0.39, 0.29) is 11.2 Å². The number of nitrogens with two attached hydrogens (primary N) is 1. The van der Waals surface area contributed by atoms with E-state index in [9.17, 15) is 4.79 Å². The quantitative estimate of drug-likeness (QED) is 0.623. The Morgan fingerprint density at radius 3 is 2.50 bits per heavy atom. The van der Waals surface area contributed by atoms with Crippen molar-refractivity contribution in [3.63, 3.8) is 0 Å². The van der Waals surface area contributed by atoms with Gasteiger partial charge < -0.3 is 5.73 Å². The van der Waals surface area contributed by atoms with Crippen LogP contribution in [0, 0.1) is 12.3 Å². The van der Waals surface area contributed by atoms with Gasteiger partial charge in [-0.15, -0.1) is 0 Å². The van der Waals surface area contributed by atoms with E-state index in [2.05, 4.69) is 20.8 Å². The van der Waals surface area contributed by atoms with E-state index in [0.717, 1.165) is 17.5 Å². The Morgan fingerprint density at radius 1 is 1.31 bits per heavy atom. The first-order valence-corrected chi connectivity index (χ1v) is 5.69. The fourth-order valence-corrected chi connectivity index (χ4v) is 1.58. The largest absolute Gasteiger partial charge is 0.398 e. The van der Waals surface area contributed by atoms with Gasteiger partial charge in [0.2, 0.25) is 0 Å². The van der Waals surface area contributed by atoms with Crippen LogP contribution in [0.5, 0.6) is 0 Å². The van der Waals surface area contributed by atoms with E-state index in [1.54, 1.807) is 0 Å². The van der Waals surface area contributed by atoms with Crippen molar-refractivity contribution < 1.29 is 4.79 Å². The number of Topliss-reactive ketones (excluding diaryl/α,β-unsaturated/α-hetero) is 1. The Bertz CT molecular complexity index is 388. The molecule has 0 aliphatic heterocycles. The van der Waals surface area contributed by atoms with Gasteiger partial charge in [0.1, 0.15) is 0 Å². The SMILES string of the molecule is Cc1c(N)cccc1C(=O)CCC(C)(C)C. The number of ketones is 1. The van der Waals surface area contributed by atoms with Gasteiger partial charge in [0, 0.05) is 17.7 Å². The molecule has 88 valence electrons. The lowest BCUT2D eigenvalue weighted by atomic mass is 9.88. The fourth-order valence-electron chi connectivity index (χ4n) is 1.58. The molecule has 0 amide bonds. The molecule has 0 saturated heterocycles. The molecule has 0 radical (unpaired) electrons. The second-order valence-electron chi connectivity index (χ2n) is 5.50. The molecule has 0 saturated carbocycles. The summed E-state index contributed by atoms with van der Waals surface area (Å²) in [6, 6.07) is 5.53. The molecule has 0 heterocycles. The summed E-state index contributed by atoms with van der Waals surface area (Å²) in [5.41, 5.74) is 8.35. The molecule has 0 aliphatic carbocycles. The summed E-state index contributed by atoms with van der Waals surface area (Å²) in [6.07, 6.45) is 1.49. The standard InChI is InChI=1S/C14H21NO/c1-10-11(6-5-7-12(10)15)13(16)8-9-14(2,3)4/h5-7H,8-9,15H2,1-4H3. The normalized spacial score (nSPS) is 11.5. The Balaban J connectivity index is 2.78. The van der Waals surface area contributed by atoms with Crippen LogP contribution in [-0.2, 0) is 0 Å². The second kappa shape index (κ2) is 4.69. The molecule has 0 fully saturated rings. The topological polar surface area (TPSA) is 43.1 Å². The molecule has 0 bridgehead atoms. The van der Waals surface area contributed by atoms with Crippen molar-refractivity contribution in [2.24, 2.45) is 5.41 Å². The highest BCUT2D eigenvalue weighted by Crippen LogP contribution is 2.24. The molecule has 0 aromatic heterocycles. The molecule has 2 N–H and O–H groups in total. The molecule has 0 spiro atoms. The van der Waals surface area contributed by atoms with Crippen LogP contribution in [0.25, 0.3) is 0 Å². The molecule has 16 heavy (non-hydrogen) atoms. The van der Waals surface area contributed by atoms with Crippen molar-refractivity contribution in [3.8, 4) is 0 Å². The summed E-state index contributed by atoms with van der Waals surface area (Å²) in [4.78, 5) is 12.0. The van der Waals surface area contributed by atoms with Gasteiger partial charge in [-0.2, -0.15) is 0 Å². The number of hydrogen-bond acceptors (Lipinski definition) is 2. The van der Waals surface area contributed by atoms with Crippen LogP contribution in [0.15, 0.2) is 18.2 Å². The maximum Gasteiger partial charge on any atom is 0.163 e. The van der Waals surface area contributed by atoms with Gasteiger partial charge in [0.15, 0.2) is 5.78 Å². The molecule has 0 aliphatic rings. The maximum absolute atomic E-state index is 12.0. The smallest absolute Gasteiger partial charge is 0.163 e. The number of carbonyl (C=O) groups is 1. The van der Waals surface area contributed by atoms with Crippen LogP contribution < -0.4 is 5.73 Å². The number of anilines is 1. The average Bonchev–Trinajstić information content (AvgIpc) is 2.17. The van der Waals surface area contributed by atoms with Gasteiger partial charge in [0.05, 0.1) is 0 Å². The first-order chi connectivity index (χ1) is 7.31. The third kappa shape index (κ3) is 3.37. The highest BCUT2D eigenvalue weighted by atomic mass is 16.1. The summed E-state index contributed by atoms with van der Waals surface area (Å²) in [5, 5.41) is 0. The van der Waals surface area contributed by atoms with Crippen LogP contribution in [0.2, 0.25) is 0 Å². The number of hydrogen-bond donors (Lipinski definition) is 1. The molecule has 0 atom stereocenters. The van der Waals surface area contributed by atoms with Crippen LogP contribution >= 0.6 is 0 Å². The van der Waals surface area contributed by atoms with Crippen molar-refractivity contribution in [3.05, 3.63) is 29.3 Å². The van der Waals surface area contributed by atoms with E-state index in [4.69, 9.17) is 5.73 Å². The summed E-state index contributed by atoms with van der Waals surface area (Å²) < 4.78 is 0. The van der Waals surface area contributed by atoms with Gasteiger partial charge in [-0.1, -0.05) is 32.9 Å². The molecule has 2 nitrogen and oxygen atoms in total. The average molecular weight is 219 g/mol. The summed E-state index contributed by atoms with van der Waals surface area (Å²) in [6.45, 7) is 8.34. The Hall–Kier alpha value is -1.31. The maximum atomic E-state index is 12.0. The van der Waals surface area contributed by atoms with Crippen molar-refractivity contribution in [1.82, 2.24) is 0 Å². The number of rotatable bonds is 3. The molecule has 2 heteroatoms.